The first-order chi connectivity index (χ1) is 12.6. The molecular weight excluding hydrogens is 344 g/mol. The number of hydrogen-bond acceptors (Lipinski definition) is 7. The van der Waals surface area contributed by atoms with Crippen LogP contribution < -0.4 is 9.80 Å². The maximum atomic E-state index is 12.1. The minimum atomic E-state index is -0.946. The molecule has 2 aliphatic rings. The van der Waals surface area contributed by atoms with Crippen molar-refractivity contribution in [2.45, 2.75) is 12.2 Å². The van der Waals surface area contributed by atoms with E-state index >= 15 is 0 Å². The zero-order chi connectivity index (χ0) is 18.5. The number of morpholine rings is 1. The van der Waals surface area contributed by atoms with E-state index in [9.17, 15) is 14.7 Å². The van der Waals surface area contributed by atoms with Gasteiger partial charge in [-0.1, -0.05) is 0 Å². The third-order valence-corrected chi connectivity index (χ3v) is 4.16. The van der Waals surface area contributed by atoms with Gasteiger partial charge in [0, 0.05) is 17.9 Å². The molecule has 0 aromatic heterocycles. The summed E-state index contributed by atoms with van der Waals surface area (Å²) < 4.78 is 15.6. The lowest BCUT2D eigenvalue weighted by Crippen LogP contribution is -2.41. The highest BCUT2D eigenvalue weighted by Crippen LogP contribution is 2.25. The molecule has 2 amide bonds. The summed E-state index contributed by atoms with van der Waals surface area (Å²) in [5.74, 6) is -0.0909. The van der Waals surface area contributed by atoms with E-state index in [4.69, 9.17) is 19.3 Å². The molecule has 142 valence electrons. The summed E-state index contributed by atoms with van der Waals surface area (Å²) in [7, 11) is 0. The maximum Gasteiger partial charge on any atom is 0.414 e. The van der Waals surface area contributed by atoms with Gasteiger partial charge in [0.05, 0.1) is 33.0 Å². The number of ether oxygens (including phenoxy) is 3. The van der Waals surface area contributed by atoms with Gasteiger partial charge < -0.3 is 29.3 Å². The van der Waals surface area contributed by atoms with Crippen LogP contribution in [0.3, 0.4) is 0 Å². The van der Waals surface area contributed by atoms with Crippen LogP contribution in [0.1, 0.15) is 0 Å². The first kappa shape index (κ1) is 18.6. The van der Waals surface area contributed by atoms with Gasteiger partial charge in [0.25, 0.3) is 5.91 Å². The van der Waals surface area contributed by atoms with E-state index in [2.05, 4.69) is 0 Å². The molecule has 0 aliphatic carbocycles. The Labute approximate surface area is 150 Å². The van der Waals surface area contributed by atoms with Crippen molar-refractivity contribution in [3.8, 4) is 0 Å². The van der Waals surface area contributed by atoms with E-state index < -0.39 is 18.3 Å². The van der Waals surface area contributed by atoms with Crippen molar-refractivity contribution < 1.29 is 34.0 Å². The minimum Gasteiger partial charge on any atom is -0.441 e. The lowest BCUT2D eigenvalue weighted by molar-refractivity contribution is -0.125. The van der Waals surface area contributed by atoms with Gasteiger partial charge in [-0.15, -0.1) is 0 Å². The fourth-order valence-electron chi connectivity index (χ4n) is 2.81. The van der Waals surface area contributed by atoms with E-state index in [1.54, 1.807) is 29.2 Å². The molecule has 2 heterocycles. The van der Waals surface area contributed by atoms with Crippen LogP contribution in [0.15, 0.2) is 24.3 Å². The standard InChI is InChI=1S/C17H22N2O7/c20-8-14(21)9-25-10-15-7-19(17(23)26-15)13-3-1-12(2-4-13)18-5-6-24-11-16(18)22/h1-4,14-15,20-21H,5-11H2/t14?,15-/m1/s1. The van der Waals surface area contributed by atoms with Crippen molar-refractivity contribution >= 4 is 23.4 Å². The maximum absolute atomic E-state index is 12.1. The van der Waals surface area contributed by atoms with Gasteiger partial charge in [0.2, 0.25) is 0 Å². The molecule has 2 atom stereocenters. The Bertz CT molecular complexity index is 637. The third-order valence-electron chi connectivity index (χ3n) is 4.16. The second-order valence-electron chi connectivity index (χ2n) is 6.10. The number of hydrogen-bond donors (Lipinski definition) is 2. The largest absolute Gasteiger partial charge is 0.441 e. The van der Waals surface area contributed by atoms with E-state index in [1.165, 1.54) is 4.90 Å². The molecule has 2 N–H and O–H groups in total. The van der Waals surface area contributed by atoms with E-state index in [0.717, 1.165) is 5.69 Å². The number of carbonyl (C=O) groups excluding carboxylic acids is 2. The van der Waals surface area contributed by atoms with Crippen molar-refractivity contribution in [2.24, 2.45) is 0 Å². The van der Waals surface area contributed by atoms with Crippen molar-refractivity contribution in [1.82, 2.24) is 0 Å². The average molecular weight is 366 g/mol. The molecule has 0 radical (unpaired) electrons. The average Bonchev–Trinajstić information content (AvgIpc) is 3.02. The number of nitrogens with zero attached hydrogens (tertiary/aromatic N) is 2. The molecule has 1 aromatic carbocycles. The number of cyclic esters (lactones) is 1. The van der Waals surface area contributed by atoms with Crippen molar-refractivity contribution in [2.75, 3.05) is 55.9 Å². The van der Waals surface area contributed by atoms with Gasteiger partial charge in [-0.25, -0.2) is 4.79 Å². The SMILES string of the molecule is O=C1COCCN1c1ccc(N2C[C@H](COCC(O)CO)OC2=O)cc1. The molecule has 2 saturated heterocycles. The number of aliphatic hydroxyl groups is 2. The summed E-state index contributed by atoms with van der Waals surface area (Å²) in [6.45, 7) is 1.14. The number of rotatable bonds is 7. The number of amides is 2. The molecule has 0 spiro atoms. The smallest absolute Gasteiger partial charge is 0.414 e. The van der Waals surface area contributed by atoms with Crippen molar-refractivity contribution in [3.63, 3.8) is 0 Å². The minimum absolute atomic E-state index is 0.0210. The first-order valence-electron chi connectivity index (χ1n) is 8.41. The Morgan fingerprint density at radius 2 is 1.88 bits per heavy atom. The van der Waals surface area contributed by atoms with E-state index in [1.807, 2.05) is 0 Å². The highest BCUT2D eigenvalue weighted by atomic mass is 16.6. The predicted octanol–water partition coefficient (Wildman–Crippen LogP) is -0.255. The molecule has 9 heteroatoms. The number of benzene rings is 1. The van der Waals surface area contributed by atoms with E-state index in [0.29, 0.717) is 25.4 Å². The molecule has 1 unspecified atom stereocenters. The lowest BCUT2D eigenvalue weighted by Gasteiger charge is -2.27. The third kappa shape index (κ3) is 4.31. The topological polar surface area (TPSA) is 109 Å². The Balaban J connectivity index is 1.57. The zero-order valence-corrected chi connectivity index (χ0v) is 14.2. The second kappa shape index (κ2) is 8.45. The molecule has 0 bridgehead atoms. The Morgan fingerprint density at radius 3 is 2.54 bits per heavy atom. The Kier molecular flexibility index (Phi) is 6.04. The zero-order valence-electron chi connectivity index (χ0n) is 14.2. The molecule has 0 saturated carbocycles. The van der Waals surface area contributed by atoms with Gasteiger partial charge in [0.1, 0.15) is 18.8 Å². The summed E-state index contributed by atoms with van der Waals surface area (Å²) in [5.41, 5.74) is 1.42. The second-order valence-corrected chi connectivity index (χ2v) is 6.10. The van der Waals surface area contributed by atoms with Crippen LogP contribution in [0.25, 0.3) is 0 Å². The van der Waals surface area contributed by atoms with Crippen LogP contribution in [-0.4, -0.2) is 80.5 Å². The summed E-state index contributed by atoms with van der Waals surface area (Å²) in [6, 6.07) is 7.09. The highest BCUT2D eigenvalue weighted by molar-refractivity contribution is 5.95. The number of carbonyl (C=O) groups is 2. The molecule has 2 aliphatic heterocycles. The van der Waals surface area contributed by atoms with Crippen molar-refractivity contribution in [1.29, 1.82) is 0 Å². The molecule has 1 aromatic rings. The van der Waals surface area contributed by atoms with Crippen LogP contribution in [0.4, 0.5) is 16.2 Å². The fourth-order valence-corrected chi connectivity index (χ4v) is 2.81. The molecule has 2 fully saturated rings. The van der Waals surface area contributed by atoms with Gasteiger partial charge >= 0.3 is 6.09 Å². The highest BCUT2D eigenvalue weighted by Gasteiger charge is 2.32. The summed E-state index contributed by atoms with van der Waals surface area (Å²) >= 11 is 0. The van der Waals surface area contributed by atoms with Crippen LogP contribution in [0.2, 0.25) is 0 Å². The quantitative estimate of drug-likeness (QED) is 0.685. The molecule has 26 heavy (non-hydrogen) atoms. The Morgan fingerprint density at radius 1 is 1.19 bits per heavy atom. The van der Waals surface area contributed by atoms with Crippen LogP contribution >= 0.6 is 0 Å². The lowest BCUT2D eigenvalue weighted by atomic mass is 10.2. The van der Waals surface area contributed by atoms with Gasteiger partial charge in [-0.2, -0.15) is 0 Å². The monoisotopic (exact) mass is 366 g/mol. The van der Waals surface area contributed by atoms with Crippen LogP contribution in [-0.2, 0) is 19.0 Å². The van der Waals surface area contributed by atoms with Crippen molar-refractivity contribution in [3.05, 3.63) is 24.3 Å². The van der Waals surface area contributed by atoms with Crippen LogP contribution in [0, 0.1) is 0 Å². The first-order valence-corrected chi connectivity index (χ1v) is 8.41. The van der Waals surface area contributed by atoms with Crippen LogP contribution in [0.5, 0.6) is 0 Å². The van der Waals surface area contributed by atoms with Gasteiger partial charge in [-0.05, 0) is 24.3 Å². The van der Waals surface area contributed by atoms with Gasteiger partial charge in [0.15, 0.2) is 0 Å². The predicted molar refractivity (Wildman–Crippen MR) is 91.1 cm³/mol. The summed E-state index contributed by atoms with van der Waals surface area (Å²) in [6.07, 6.45) is -1.87. The Hall–Kier alpha value is -2.20. The number of aliphatic hydroxyl groups excluding tert-OH is 2. The van der Waals surface area contributed by atoms with Gasteiger partial charge in [-0.3, -0.25) is 9.69 Å². The summed E-state index contributed by atoms with van der Waals surface area (Å²) in [5, 5.41) is 18.0. The van der Waals surface area contributed by atoms with E-state index in [-0.39, 0.29) is 32.3 Å². The molecule has 3 rings (SSSR count). The molecule has 9 nitrogen and oxygen atoms in total. The fraction of sp³-hybridized carbons (Fsp3) is 0.529. The summed E-state index contributed by atoms with van der Waals surface area (Å²) in [4.78, 5) is 27.1. The molecular formula is C17H22N2O7. The normalized spacial score (nSPS) is 21.8. The number of anilines is 2.